The summed E-state index contributed by atoms with van der Waals surface area (Å²) in [5.74, 6) is -2.22. The molecule has 12 N–H and O–H groups in total. The standard InChI is InChI=1S/C16H26N6O3/c17-10(5-13(20)23)8-2-1-3-9(4-8)16(11(18)6-14(21)24)12(19)7-15(22)25/h1-4,10-12,16H,5-7,17-19H2,(H2,20,23)(H2,21,24)(H2,22,25). The average molecular weight is 350 g/mol. The highest BCUT2D eigenvalue weighted by atomic mass is 16.1. The Balaban J connectivity index is 3.18. The van der Waals surface area contributed by atoms with E-state index in [9.17, 15) is 14.4 Å². The van der Waals surface area contributed by atoms with E-state index >= 15 is 0 Å². The SMILES string of the molecule is NC(=O)CC(N)c1cccc(C(C(N)CC(N)=O)C(N)CC(N)=O)c1. The Bertz CT molecular complexity index is 614. The van der Waals surface area contributed by atoms with E-state index in [2.05, 4.69) is 0 Å². The van der Waals surface area contributed by atoms with Crippen molar-refractivity contribution in [2.24, 2.45) is 34.4 Å². The highest BCUT2D eigenvalue weighted by molar-refractivity contribution is 5.76. The fourth-order valence-corrected chi connectivity index (χ4v) is 2.86. The zero-order chi connectivity index (χ0) is 19.1. The number of carbonyl (C=O) groups excluding carboxylic acids is 3. The van der Waals surface area contributed by atoms with Crippen molar-refractivity contribution < 1.29 is 14.4 Å². The van der Waals surface area contributed by atoms with E-state index in [-0.39, 0.29) is 19.3 Å². The molecule has 0 fully saturated rings. The summed E-state index contributed by atoms with van der Waals surface area (Å²) in [5, 5.41) is 0. The molecule has 3 atom stereocenters. The second-order valence-electron chi connectivity index (χ2n) is 6.14. The Morgan fingerprint density at radius 1 is 0.760 bits per heavy atom. The van der Waals surface area contributed by atoms with Crippen LogP contribution in [0.1, 0.15) is 42.3 Å². The monoisotopic (exact) mass is 350 g/mol. The zero-order valence-electron chi connectivity index (χ0n) is 13.9. The molecule has 0 aliphatic rings. The number of benzene rings is 1. The van der Waals surface area contributed by atoms with E-state index in [0.29, 0.717) is 11.1 Å². The first-order valence-electron chi connectivity index (χ1n) is 7.83. The van der Waals surface area contributed by atoms with Gasteiger partial charge >= 0.3 is 0 Å². The maximum atomic E-state index is 11.2. The van der Waals surface area contributed by atoms with Crippen molar-refractivity contribution in [3.63, 3.8) is 0 Å². The highest BCUT2D eigenvalue weighted by Gasteiger charge is 2.29. The molecule has 0 aromatic heterocycles. The van der Waals surface area contributed by atoms with E-state index in [1.165, 1.54) is 0 Å². The maximum absolute atomic E-state index is 11.2. The molecule has 0 aliphatic heterocycles. The van der Waals surface area contributed by atoms with E-state index in [4.69, 9.17) is 34.4 Å². The summed E-state index contributed by atoms with van der Waals surface area (Å²) in [4.78, 5) is 33.5. The van der Waals surface area contributed by atoms with Gasteiger partial charge in [-0.25, -0.2) is 0 Å². The van der Waals surface area contributed by atoms with Crippen LogP contribution < -0.4 is 34.4 Å². The molecule has 25 heavy (non-hydrogen) atoms. The van der Waals surface area contributed by atoms with Crippen LogP contribution in [-0.4, -0.2) is 29.8 Å². The molecule has 138 valence electrons. The molecule has 9 heteroatoms. The van der Waals surface area contributed by atoms with Crippen LogP contribution in [0.25, 0.3) is 0 Å². The van der Waals surface area contributed by atoms with Crippen molar-refractivity contribution in [1.82, 2.24) is 0 Å². The van der Waals surface area contributed by atoms with Gasteiger partial charge in [0.1, 0.15) is 0 Å². The van der Waals surface area contributed by atoms with Gasteiger partial charge in [-0.1, -0.05) is 24.3 Å². The van der Waals surface area contributed by atoms with Gasteiger partial charge in [0.15, 0.2) is 0 Å². The number of carbonyl (C=O) groups is 3. The van der Waals surface area contributed by atoms with Crippen molar-refractivity contribution in [1.29, 1.82) is 0 Å². The van der Waals surface area contributed by atoms with Crippen LogP contribution in [0.2, 0.25) is 0 Å². The second-order valence-corrected chi connectivity index (χ2v) is 6.14. The number of primary amides is 3. The maximum Gasteiger partial charge on any atom is 0.219 e. The molecule has 1 aromatic rings. The predicted octanol–water partition coefficient (Wildman–Crippen LogP) is -1.95. The summed E-state index contributed by atoms with van der Waals surface area (Å²) in [6.45, 7) is 0. The summed E-state index contributed by atoms with van der Waals surface area (Å²) < 4.78 is 0. The molecule has 3 amide bonds. The topological polar surface area (TPSA) is 207 Å². The van der Waals surface area contributed by atoms with Crippen molar-refractivity contribution >= 4 is 17.7 Å². The molecule has 0 heterocycles. The number of rotatable bonds is 10. The van der Waals surface area contributed by atoms with Gasteiger partial charge in [-0.05, 0) is 11.1 Å². The van der Waals surface area contributed by atoms with Crippen LogP contribution in [-0.2, 0) is 14.4 Å². The number of hydrogen-bond donors (Lipinski definition) is 6. The third kappa shape index (κ3) is 6.49. The van der Waals surface area contributed by atoms with E-state index in [0.717, 1.165) is 0 Å². The fraction of sp³-hybridized carbons (Fsp3) is 0.438. The van der Waals surface area contributed by atoms with Crippen LogP contribution in [0.5, 0.6) is 0 Å². The lowest BCUT2D eigenvalue weighted by atomic mass is 9.81. The van der Waals surface area contributed by atoms with Gasteiger partial charge in [0.05, 0.1) is 0 Å². The third-order valence-corrected chi connectivity index (χ3v) is 3.94. The Kier molecular flexibility index (Phi) is 7.49. The van der Waals surface area contributed by atoms with Crippen LogP contribution in [0.3, 0.4) is 0 Å². The van der Waals surface area contributed by atoms with Crippen molar-refractivity contribution in [3.8, 4) is 0 Å². The molecular weight excluding hydrogens is 324 g/mol. The minimum atomic E-state index is -0.700. The lowest BCUT2D eigenvalue weighted by Crippen LogP contribution is -2.44. The zero-order valence-corrected chi connectivity index (χ0v) is 13.9. The molecule has 0 spiro atoms. The van der Waals surface area contributed by atoms with Crippen molar-refractivity contribution in [2.45, 2.75) is 43.3 Å². The predicted molar refractivity (Wildman–Crippen MR) is 93.5 cm³/mol. The quantitative estimate of drug-likeness (QED) is 0.282. The van der Waals surface area contributed by atoms with Gasteiger partial charge in [0, 0.05) is 43.3 Å². The van der Waals surface area contributed by atoms with Crippen LogP contribution in [0.15, 0.2) is 24.3 Å². The second kappa shape index (κ2) is 9.11. The average Bonchev–Trinajstić information content (AvgIpc) is 2.45. The van der Waals surface area contributed by atoms with Gasteiger partial charge in [0.2, 0.25) is 17.7 Å². The first-order chi connectivity index (χ1) is 11.6. The van der Waals surface area contributed by atoms with Crippen molar-refractivity contribution in [2.75, 3.05) is 0 Å². The molecule has 0 radical (unpaired) electrons. The summed E-state index contributed by atoms with van der Waals surface area (Å²) in [7, 11) is 0. The lowest BCUT2D eigenvalue weighted by molar-refractivity contribution is -0.119. The summed E-state index contributed by atoms with van der Waals surface area (Å²) in [5.41, 5.74) is 35.1. The number of amides is 3. The minimum absolute atomic E-state index is 0.0190. The summed E-state index contributed by atoms with van der Waals surface area (Å²) in [6, 6.07) is 4.98. The van der Waals surface area contributed by atoms with Crippen molar-refractivity contribution in [3.05, 3.63) is 35.4 Å². The first kappa shape index (κ1) is 20.6. The summed E-state index contributed by atoms with van der Waals surface area (Å²) in [6.07, 6.45) is -0.224. The summed E-state index contributed by atoms with van der Waals surface area (Å²) >= 11 is 0. The van der Waals surface area contributed by atoms with Crippen LogP contribution in [0.4, 0.5) is 0 Å². The van der Waals surface area contributed by atoms with E-state index in [1.54, 1.807) is 24.3 Å². The van der Waals surface area contributed by atoms with Gasteiger partial charge < -0.3 is 34.4 Å². The Hall–Kier alpha value is -2.49. The molecule has 3 unspecified atom stereocenters. The van der Waals surface area contributed by atoms with Gasteiger partial charge in [0.25, 0.3) is 0 Å². The van der Waals surface area contributed by atoms with Gasteiger partial charge in [-0.15, -0.1) is 0 Å². The van der Waals surface area contributed by atoms with Crippen LogP contribution in [0, 0.1) is 0 Å². The smallest absolute Gasteiger partial charge is 0.219 e. The normalized spacial score (nSPS) is 15.8. The molecule has 1 rings (SSSR count). The Labute approximate surface area is 146 Å². The highest BCUT2D eigenvalue weighted by Crippen LogP contribution is 2.27. The molecule has 0 bridgehead atoms. The largest absolute Gasteiger partial charge is 0.370 e. The van der Waals surface area contributed by atoms with Gasteiger partial charge in [-0.3, -0.25) is 14.4 Å². The third-order valence-electron chi connectivity index (χ3n) is 3.94. The molecular formula is C16H26N6O3. The molecule has 0 aliphatic carbocycles. The molecule has 0 saturated heterocycles. The number of hydrogen-bond acceptors (Lipinski definition) is 6. The molecule has 0 saturated carbocycles. The number of nitrogens with two attached hydrogens (primary N) is 6. The molecule has 9 nitrogen and oxygen atoms in total. The Morgan fingerprint density at radius 2 is 1.20 bits per heavy atom. The van der Waals surface area contributed by atoms with Crippen LogP contribution >= 0.6 is 0 Å². The van der Waals surface area contributed by atoms with E-state index in [1.807, 2.05) is 0 Å². The Morgan fingerprint density at radius 3 is 1.64 bits per heavy atom. The van der Waals surface area contributed by atoms with E-state index < -0.39 is 41.8 Å². The lowest BCUT2D eigenvalue weighted by Gasteiger charge is -2.29. The van der Waals surface area contributed by atoms with Gasteiger partial charge in [-0.2, -0.15) is 0 Å². The fourth-order valence-electron chi connectivity index (χ4n) is 2.86. The minimum Gasteiger partial charge on any atom is -0.370 e. The molecule has 1 aromatic carbocycles. The first-order valence-corrected chi connectivity index (χ1v) is 7.83.